The number of hydrogen-bond donors (Lipinski definition) is 1. The molecule has 0 atom stereocenters. The van der Waals surface area contributed by atoms with Crippen molar-refractivity contribution in [3.8, 4) is 5.75 Å². The van der Waals surface area contributed by atoms with Gasteiger partial charge < -0.3 is 10.1 Å². The number of aromatic nitrogens is 3. The molecule has 5 nitrogen and oxygen atoms in total. The Hall–Kier alpha value is -2.04. The van der Waals surface area contributed by atoms with Gasteiger partial charge in [0.1, 0.15) is 11.4 Å². The Morgan fingerprint density at radius 3 is 2.95 bits per heavy atom. The summed E-state index contributed by atoms with van der Waals surface area (Å²) in [5.74, 6) is 0.993. The second-order valence-corrected chi connectivity index (χ2v) is 6.42. The van der Waals surface area contributed by atoms with E-state index in [9.17, 15) is 0 Å². The summed E-state index contributed by atoms with van der Waals surface area (Å²) in [6.07, 6.45) is 4.17. The third kappa shape index (κ3) is 3.01. The maximum Gasteiger partial charge on any atom is 0.145 e. The second-order valence-electron chi connectivity index (χ2n) is 6.42. The van der Waals surface area contributed by atoms with Gasteiger partial charge in [0.15, 0.2) is 0 Å². The minimum atomic E-state index is -0.0414. The zero-order valence-electron chi connectivity index (χ0n) is 12.9. The van der Waals surface area contributed by atoms with Gasteiger partial charge in [-0.25, -0.2) is 4.68 Å². The number of anilines is 1. The van der Waals surface area contributed by atoms with Gasteiger partial charge in [-0.3, -0.25) is 0 Å². The van der Waals surface area contributed by atoms with E-state index >= 15 is 0 Å². The monoisotopic (exact) mass is 286 g/mol. The van der Waals surface area contributed by atoms with E-state index in [0.717, 1.165) is 36.6 Å². The fourth-order valence-corrected chi connectivity index (χ4v) is 2.42. The van der Waals surface area contributed by atoms with E-state index in [2.05, 4.69) is 54.6 Å². The highest BCUT2D eigenvalue weighted by Crippen LogP contribution is 2.33. The molecule has 2 aromatic rings. The van der Waals surface area contributed by atoms with Gasteiger partial charge in [0, 0.05) is 0 Å². The number of nitrogens with one attached hydrogen (secondary N) is 1. The van der Waals surface area contributed by atoms with Crippen molar-refractivity contribution < 1.29 is 4.74 Å². The van der Waals surface area contributed by atoms with Crippen molar-refractivity contribution in [1.29, 1.82) is 0 Å². The minimum absolute atomic E-state index is 0.0414. The molecule has 0 unspecified atom stereocenters. The van der Waals surface area contributed by atoms with Crippen LogP contribution in [0.2, 0.25) is 0 Å². The van der Waals surface area contributed by atoms with Gasteiger partial charge >= 0.3 is 0 Å². The van der Waals surface area contributed by atoms with Crippen molar-refractivity contribution in [3.05, 3.63) is 35.7 Å². The van der Waals surface area contributed by atoms with Crippen LogP contribution >= 0.6 is 0 Å². The smallest absolute Gasteiger partial charge is 0.145 e. The Morgan fingerprint density at radius 1 is 1.33 bits per heavy atom. The number of benzene rings is 1. The normalized spacial score (nSPS) is 14.4. The molecular weight excluding hydrogens is 264 g/mol. The predicted octanol–water partition coefficient (Wildman–Crippen LogP) is 2.97. The lowest BCUT2D eigenvalue weighted by Crippen LogP contribution is -2.22. The van der Waals surface area contributed by atoms with Gasteiger partial charge in [0.05, 0.1) is 30.6 Å². The molecule has 112 valence electrons. The van der Waals surface area contributed by atoms with Crippen molar-refractivity contribution >= 4 is 5.69 Å². The lowest BCUT2D eigenvalue weighted by atomic mass is 10.1. The van der Waals surface area contributed by atoms with Gasteiger partial charge in [0.25, 0.3) is 0 Å². The molecule has 5 heteroatoms. The van der Waals surface area contributed by atoms with Crippen LogP contribution < -0.4 is 10.1 Å². The average Bonchev–Trinajstić information content (AvgIpc) is 2.94. The maximum atomic E-state index is 5.80. The van der Waals surface area contributed by atoms with Gasteiger partial charge in [0.2, 0.25) is 0 Å². The SMILES string of the molecule is CC(C)(C)n1cc(CNc2cccc3c2OCCC3)nn1. The Balaban J connectivity index is 1.72. The lowest BCUT2D eigenvalue weighted by Gasteiger charge is -2.20. The molecule has 0 saturated carbocycles. The van der Waals surface area contributed by atoms with E-state index < -0.39 is 0 Å². The van der Waals surface area contributed by atoms with Gasteiger partial charge in [-0.15, -0.1) is 5.10 Å². The number of aryl methyl sites for hydroxylation is 1. The van der Waals surface area contributed by atoms with Crippen LogP contribution in [0.5, 0.6) is 5.75 Å². The summed E-state index contributed by atoms with van der Waals surface area (Å²) < 4.78 is 7.69. The molecule has 1 aliphatic heterocycles. The predicted molar refractivity (Wildman–Crippen MR) is 82.6 cm³/mol. The first-order valence-corrected chi connectivity index (χ1v) is 7.44. The van der Waals surface area contributed by atoms with Gasteiger partial charge in [-0.1, -0.05) is 17.3 Å². The average molecular weight is 286 g/mol. The van der Waals surface area contributed by atoms with E-state index in [1.807, 2.05) is 10.9 Å². The van der Waals surface area contributed by atoms with Crippen molar-refractivity contribution in [2.45, 2.75) is 45.7 Å². The third-order valence-corrected chi connectivity index (χ3v) is 3.62. The third-order valence-electron chi connectivity index (χ3n) is 3.62. The molecule has 0 aliphatic carbocycles. The van der Waals surface area contributed by atoms with E-state index in [4.69, 9.17) is 4.74 Å². The molecular formula is C16H22N4O. The largest absolute Gasteiger partial charge is 0.491 e. The van der Waals surface area contributed by atoms with Crippen LogP contribution in [0.15, 0.2) is 24.4 Å². The van der Waals surface area contributed by atoms with Crippen molar-refractivity contribution in [2.75, 3.05) is 11.9 Å². The molecule has 0 radical (unpaired) electrons. The second kappa shape index (κ2) is 5.39. The quantitative estimate of drug-likeness (QED) is 0.942. The van der Waals surface area contributed by atoms with Crippen LogP contribution in [0, 0.1) is 0 Å². The molecule has 3 rings (SSSR count). The Labute approximate surface area is 125 Å². The van der Waals surface area contributed by atoms with Gasteiger partial charge in [-0.2, -0.15) is 0 Å². The summed E-state index contributed by atoms with van der Waals surface area (Å²) in [5, 5.41) is 11.8. The Morgan fingerprint density at radius 2 is 2.19 bits per heavy atom. The fourth-order valence-electron chi connectivity index (χ4n) is 2.42. The van der Waals surface area contributed by atoms with Crippen molar-refractivity contribution in [3.63, 3.8) is 0 Å². The first-order valence-electron chi connectivity index (χ1n) is 7.44. The van der Waals surface area contributed by atoms with Crippen LogP contribution in [-0.4, -0.2) is 21.6 Å². The zero-order valence-corrected chi connectivity index (χ0v) is 12.9. The van der Waals surface area contributed by atoms with Crippen molar-refractivity contribution in [2.24, 2.45) is 0 Å². The molecule has 0 saturated heterocycles. The van der Waals surface area contributed by atoms with E-state index in [1.54, 1.807) is 0 Å². The number of nitrogens with zero attached hydrogens (tertiary/aromatic N) is 3. The van der Waals surface area contributed by atoms with Gasteiger partial charge in [-0.05, 0) is 45.2 Å². The standard InChI is InChI=1S/C16H22N4O/c1-16(2,3)20-11-13(18-19-20)10-17-14-8-4-6-12-7-5-9-21-15(12)14/h4,6,8,11,17H,5,7,9-10H2,1-3H3. The molecule has 0 amide bonds. The van der Waals surface area contributed by atoms with E-state index in [-0.39, 0.29) is 5.54 Å². The molecule has 1 aliphatic rings. The fraction of sp³-hybridized carbons (Fsp3) is 0.500. The highest BCUT2D eigenvalue weighted by atomic mass is 16.5. The minimum Gasteiger partial charge on any atom is -0.491 e. The van der Waals surface area contributed by atoms with Crippen LogP contribution in [0.4, 0.5) is 5.69 Å². The number of para-hydroxylation sites is 1. The molecule has 0 spiro atoms. The van der Waals surface area contributed by atoms with Crippen LogP contribution in [0.25, 0.3) is 0 Å². The Bertz CT molecular complexity index is 627. The van der Waals surface area contributed by atoms with Crippen molar-refractivity contribution in [1.82, 2.24) is 15.0 Å². The highest BCUT2D eigenvalue weighted by molar-refractivity contribution is 5.60. The lowest BCUT2D eigenvalue weighted by molar-refractivity contribution is 0.290. The molecule has 0 fully saturated rings. The summed E-state index contributed by atoms with van der Waals surface area (Å²) in [5.41, 5.74) is 3.21. The topological polar surface area (TPSA) is 52.0 Å². The number of hydrogen-bond acceptors (Lipinski definition) is 4. The summed E-state index contributed by atoms with van der Waals surface area (Å²) in [6.45, 7) is 7.78. The molecule has 0 bridgehead atoms. The summed E-state index contributed by atoms with van der Waals surface area (Å²) >= 11 is 0. The Kier molecular flexibility index (Phi) is 3.57. The van der Waals surface area contributed by atoms with Crippen LogP contribution in [0.3, 0.4) is 0 Å². The molecule has 1 N–H and O–H groups in total. The summed E-state index contributed by atoms with van der Waals surface area (Å²) in [6, 6.07) is 6.26. The van der Waals surface area contributed by atoms with Crippen LogP contribution in [-0.2, 0) is 18.5 Å². The molecule has 1 aromatic heterocycles. The number of ether oxygens (including phenoxy) is 1. The van der Waals surface area contributed by atoms with Crippen LogP contribution in [0.1, 0.15) is 38.4 Å². The highest BCUT2D eigenvalue weighted by Gasteiger charge is 2.16. The number of fused-ring (bicyclic) bond motifs is 1. The molecule has 1 aromatic carbocycles. The zero-order chi connectivity index (χ0) is 14.9. The molecule has 2 heterocycles. The maximum absolute atomic E-state index is 5.80. The summed E-state index contributed by atoms with van der Waals surface area (Å²) in [4.78, 5) is 0. The van der Waals surface area contributed by atoms with E-state index in [0.29, 0.717) is 6.54 Å². The molecule has 21 heavy (non-hydrogen) atoms. The first kappa shape index (κ1) is 13.9. The first-order chi connectivity index (χ1) is 10.0. The number of rotatable bonds is 3. The van der Waals surface area contributed by atoms with E-state index in [1.165, 1.54) is 5.56 Å². The summed E-state index contributed by atoms with van der Waals surface area (Å²) in [7, 11) is 0.